The minimum atomic E-state index is 0.566. The maximum Gasteiger partial charge on any atom is 0.183 e. The van der Waals surface area contributed by atoms with Crippen molar-refractivity contribution in [1.82, 2.24) is 9.97 Å². The van der Waals surface area contributed by atoms with Gasteiger partial charge in [0.25, 0.3) is 0 Å². The Morgan fingerprint density at radius 1 is 1.33 bits per heavy atom. The summed E-state index contributed by atoms with van der Waals surface area (Å²) in [4.78, 5) is 8.15. The van der Waals surface area contributed by atoms with E-state index in [1.165, 1.54) is 25.7 Å². The van der Waals surface area contributed by atoms with Crippen molar-refractivity contribution in [2.24, 2.45) is 5.92 Å². The SMILES string of the molecule is COc1ccc2[nH]cc(-c3csc(N[C@@H]4CCC[C@H](C)C4)n3)c2c1. The average molecular weight is 341 g/mol. The van der Waals surface area contributed by atoms with Gasteiger partial charge in [-0.25, -0.2) is 4.98 Å². The first-order valence-corrected chi connectivity index (χ1v) is 9.48. The molecule has 4 nitrogen and oxygen atoms in total. The summed E-state index contributed by atoms with van der Waals surface area (Å²) in [5.41, 5.74) is 3.26. The van der Waals surface area contributed by atoms with Crippen molar-refractivity contribution >= 4 is 27.4 Å². The van der Waals surface area contributed by atoms with Crippen LogP contribution in [-0.4, -0.2) is 23.1 Å². The van der Waals surface area contributed by atoms with E-state index in [9.17, 15) is 0 Å². The molecule has 1 saturated carbocycles. The molecule has 0 spiro atoms. The maximum absolute atomic E-state index is 5.35. The van der Waals surface area contributed by atoms with Gasteiger partial charge < -0.3 is 15.0 Å². The number of H-pyrrole nitrogens is 1. The van der Waals surface area contributed by atoms with E-state index in [1.54, 1.807) is 18.4 Å². The molecule has 3 aromatic rings. The van der Waals surface area contributed by atoms with Gasteiger partial charge in [-0.1, -0.05) is 19.8 Å². The fraction of sp³-hybridized carbons (Fsp3) is 0.421. The Morgan fingerprint density at radius 2 is 2.25 bits per heavy atom. The van der Waals surface area contributed by atoms with Crippen molar-refractivity contribution in [1.29, 1.82) is 0 Å². The molecule has 24 heavy (non-hydrogen) atoms. The predicted molar refractivity (Wildman–Crippen MR) is 101 cm³/mol. The van der Waals surface area contributed by atoms with E-state index in [-0.39, 0.29) is 0 Å². The van der Waals surface area contributed by atoms with Gasteiger partial charge in [0.15, 0.2) is 5.13 Å². The highest BCUT2D eigenvalue weighted by Gasteiger charge is 2.20. The molecule has 2 atom stereocenters. The van der Waals surface area contributed by atoms with Gasteiger partial charge in [-0.15, -0.1) is 11.3 Å². The lowest BCUT2D eigenvalue weighted by Gasteiger charge is -2.27. The minimum Gasteiger partial charge on any atom is -0.497 e. The molecule has 0 saturated heterocycles. The van der Waals surface area contributed by atoms with E-state index in [4.69, 9.17) is 9.72 Å². The molecule has 4 rings (SSSR count). The van der Waals surface area contributed by atoms with Gasteiger partial charge in [0.2, 0.25) is 0 Å². The topological polar surface area (TPSA) is 49.9 Å². The van der Waals surface area contributed by atoms with Crippen molar-refractivity contribution < 1.29 is 4.74 Å². The van der Waals surface area contributed by atoms with Crippen molar-refractivity contribution in [3.63, 3.8) is 0 Å². The number of aromatic amines is 1. The number of nitrogens with one attached hydrogen (secondary N) is 2. The van der Waals surface area contributed by atoms with Crippen molar-refractivity contribution in [2.45, 2.75) is 38.6 Å². The molecular formula is C19H23N3OS. The fourth-order valence-electron chi connectivity index (χ4n) is 3.64. The summed E-state index contributed by atoms with van der Waals surface area (Å²) in [6.45, 7) is 2.35. The van der Waals surface area contributed by atoms with Gasteiger partial charge in [0, 0.05) is 34.1 Å². The molecule has 0 aliphatic heterocycles. The van der Waals surface area contributed by atoms with E-state index in [0.29, 0.717) is 6.04 Å². The summed E-state index contributed by atoms with van der Waals surface area (Å²) >= 11 is 1.69. The number of aromatic nitrogens is 2. The second kappa shape index (κ2) is 6.48. The van der Waals surface area contributed by atoms with Crippen LogP contribution in [0.15, 0.2) is 29.8 Å². The Bertz CT molecular complexity index is 838. The third-order valence-electron chi connectivity index (χ3n) is 4.93. The van der Waals surface area contributed by atoms with E-state index in [0.717, 1.165) is 39.0 Å². The standard InChI is InChI=1S/C19H23N3OS/c1-12-4-3-5-13(8-12)21-19-22-18(11-24-19)16-10-20-17-7-6-14(23-2)9-15(16)17/h6-7,9-13,20H,3-5,8H2,1-2H3,(H,21,22)/t12-,13+/m0/s1. The number of nitrogens with zero attached hydrogens (tertiary/aromatic N) is 1. The van der Waals surface area contributed by atoms with Crippen LogP contribution in [0.5, 0.6) is 5.75 Å². The maximum atomic E-state index is 5.35. The van der Waals surface area contributed by atoms with Crippen LogP contribution in [0.25, 0.3) is 22.2 Å². The Kier molecular flexibility index (Phi) is 4.19. The third kappa shape index (κ3) is 3.00. The van der Waals surface area contributed by atoms with Crippen LogP contribution in [0, 0.1) is 5.92 Å². The van der Waals surface area contributed by atoms with Crippen LogP contribution < -0.4 is 10.1 Å². The lowest BCUT2D eigenvalue weighted by atomic mass is 9.87. The molecule has 1 aliphatic carbocycles. The lowest BCUT2D eigenvalue weighted by Crippen LogP contribution is -2.26. The van der Waals surface area contributed by atoms with E-state index >= 15 is 0 Å². The second-order valence-electron chi connectivity index (χ2n) is 6.76. The molecule has 1 aliphatic rings. The summed E-state index contributed by atoms with van der Waals surface area (Å²) in [5, 5.41) is 7.95. The van der Waals surface area contributed by atoms with Crippen LogP contribution in [0.3, 0.4) is 0 Å². The van der Waals surface area contributed by atoms with Crippen LogP contribution in [-0.2, 0) is 0 Å². The molecule has 0 amide bonds. The number of methoxy groups -OCH3 is 1. The Labute approximate surface area is 146 Å². The van der Waals surface area contributed by atoms with Gasteiger partial charge in [0.1, 0.15) is 5.75 Å². The molecule has 0 bridgehead atoms. The Balaban J connectivity index is 1.58. The first-order chi connectivity index (χ1) is 11.7. The zero-order valence-corrected chi connectivity index (χ0v) is 15.0. The lowest BCUT2D eigenvalue weighted by molar-refractivity contribution is 0.358. The highest BCUT2D eigenvalue weighted by molar-refractivity contribution is 7.14. The van der Waals surface area contributed by atoms with Crippen LogP contribution in [0.2, 0.25) is 0 Å². The molecule has 0 radical (unpaired) electrons. The quantitative estimate of drug-likeness (QED) is 0.678. The number of hydrogen-bond donors (Lipinski definition) is 2. The Hall–Kier alpha value is -2.01. The largest absolute Gasteiger partial charge is 0.497 e. The van der Waals surface area contributed by atoms with E-state index in [1.807, 2.05) is 18.3 Å². The van der Waals surface area contributed by atoms with Crippen molar-refractivity contribution in [2.75, 3.05) is 12.4 Å². The normalized spacial score (nSPS) is 21.1. The number of fused-ring (bicyclic) bond motifs is 1. The van der Waals surface area contributed by atoms with Crippen molar-refractivity contribution in [3.05, 3.63) is 29.8 Å². The first-order valence-electron chi connectivity index (χ1n) is 8.60. The number of hydrogen-bond acceptors (Lipinski definition) is 4. The third-order valence-corrected chi connectivity index (χ3v) is 5.71. The minimum absolute atomic E-state index is 0.566. The number of rotatable bonds is 4. The molecule has 2 aromatic heterocycles. The first kappa shape index (κ1) is 15.5. The summed E-state index contributed by atoms with van der Waals surface area (Å²) in [7, 11) is 1.70. The zero-order valence-electron chi connectivity index (χ0n) is 14.1. The van der Waals surface area contributed by atoms with Crippen molar-refractivity contribution in [3.8, 4) is 17.0 Å². The molecule has 2 N–H and O–H groups in total. The molecule has 0 unspecified atom stereocenters. The highest BCUT2D eigenvalue weighted by Crippen LogP contribution is 2.34. The van der Waals surface area contributed by atoms with Gasteiger partial charge in [0.05, 0.1) is 12.8 Å². The van der Waals surface area contributed by atoms with E-state index < -0.39 is 0 Å². The average Bonchev–Trinajstić information content (AvgIpc) is 3.20. The van der Waals surface area contributed by atoms with Gasteiger partial charge in [-0.3, -0.25) is 0 Å². The summed E-state index contributed by atoms with van der Waals surface area (Å²) in [6.07, 6.45) is 7.21. The molecule has 126 valence electrons. The fourth-order valence-corrected chi connectivity index (χ4v) is 4.43. The molecule has 1 aromatic carbocycles. The van der Waals surface area contributed by atoms with Crippen LogP contribution >= 0.6 is 11.3 Å². The number of anilines is 1. The summed E-state index contributed by atoms with van der Waals surface area (Å²) in [6, 6.07) is 6.65. The number of benzene rings is 1. The monoisotopic (exact) mass is 341 g/mol. The Morgan fingerprint density at radius 3 is 3.08 bits per heavy atom. The smallest absolute Gasteiger partial charge is 0.183 e. The second-order valence-corrected chi connectivity index (χ2v) is 7.62. The molecule has 5 heteroatoms. The van der Waals surface area contributed by atoms with Gasteiger partial charge >= 0.3 is 0 Å². The summed E-state index contributed by atoms with van der Waals surface area (Å²) < 4.78 is 5.35. The zero-order chi connectivity index (χ0) is 16.5. The predicted octanol–water partition coefficient (Wildman–Crippen LogP) is 5.29. The van der Waals surface area contributed by atoms with E-state index in [2.05, 4.69) is 28.7 Å². The molecule has 1 fully saturated rings. The highest BCUT2D eigenvalue weighted by atomic mass is 32.1. The number of ether oxygens (including phenoxy) is 1. The van der Waals surface area contributed by atoms with Gasteiger partial charge in [-0.05, 0) is 37.0 Å². The number of thiazole rings is 1. The molecular weight excluding hydrogens is 318 g/mol. The van der Waals surface area contributed by atoms with Crippen LogP contribution in [0.4, 0.5) is 5.13 Å². The summed E-state index contributed by atoms with van der Waals surface area (Å²) in [5.74, 6) is 1.69. The molecule has 2 heterocycles. The van der Waals surface area contributed by atoms with Gasteiger partial charge in [-0.2, -0.15) is 0 Å². The van der Waals surface area contributed by atoms with Crippen LogP contribution in [0.1, 0.15) is 32.6 Å².